The van der Waals surface area contributed by atoms with E-state index in [0.717, 1.165) is 56.0 Å². The van der Waals surface area contributed by atoms with Crippen molar-refractivity contribution in [3.05, 3.63) is 89.5 Å². The average molecular weight is 505 g/mol. The van der Waals surface area contributed by atoms with Crippen LogP contribution in [-0.2, 0) is 10.1 Å². The van der Waals surface area contributed by atoms with Crippen LogP contribution in [0.3, 0.4) is 0 Å². The largest absolute Gasteiger partial charge is 1.00 e. The second-order valence-electron chi connectivity index (χ2n) is 8.07. The van der Waals surface area contributed by atoms with Crippen molar-refractivity contribution in [3.63, 3.8) is 0 Å². The summed E-state index contributed by atoms with van der Waals surface area (Å²) in [6.07, 6.45) is 7.79. The summed E-state index contributed by atoms with van der Waals surface area (Å²) < 4.78 is 34.0. The smallest absolute Gasteiger partial charge is 0.744 e. The molecule has 166 valence electrons. The number of aromatic nitrogens is 4. The molecule has 0 amide bonds. The molecule has 0 fully saturated rings. The number of rotatable bonds is 2. The molecule has 9 heteroatoms. The topological polar surface area (TPSA) is 115 Å². The summed E-state index contributed by atoms with van der Waals surface area (Å²) >= 11 is 0. The van der Waals surface area contributed by atoms with Gasteiger partial charge in [0.2, 0.25) is 0 Å². The third-order valence-corrected chi connectivity index (χ3v) is 6.47. The van der Waals surface area contributed by atoms with Gasteiger partial charge >= 0.3 is 51.4 Å². The summed E-state index contributed by atoms with van der Waals surface area (Å²) in [4.78, 5) is 15.9. The van der Waals surface area contributed by atoms with E-state index < -0.39 is 10.1 Å². The predicted molar refractivity (Wildman–Crippen MR) is 132 cm³/mol. The van der Waals surface area contributed by atoms with Gasteiger partial charge in [-0.3, -0.25) is 0 Å². The number of benzene rings is 1. The SMILES string of the molecule is O=S(=O)([O-])c1ccc(-c2cc3cc4ccc(cc5nc(cc6nc(cc2[nH]3)C=C6)C=C5)[nH]4)cc1.[K+]. The van der Waals surface area contributed by atoms with E-state index in [2.05, 4.69) is 19.9 Å². The molecule has 0 aliphatic carbocycles. The second kappa shape index (κ2) is 9.44. The monoisotopic (exact) mass is 504 g/mol. The molecule has 4 aromatic rings. The van der Waals surface area contributed by atoms with Crippen molar-refractivity contribution >= 4 is 56.5 Å². The van der Waals surface area contributed by atoms with Gasteiger partial charge in [-0.1, -0.05) is 12.1 Å². The van der Waals surface area contributed by atoms with E-state index >= 15 is 0 Å². The van der Waals surface area contributed by atoms with Crippen LogP contribution in [0.5, 0.6) is 0 Å². The number of nitrogens with one attached hydrogen (secondary N) is 2. The van der Waals surface area contributed by atoms with Crippen LogP contribution < -0.4 is 51.4 Å². The van der Waals surface area contributed by atoms with Gasteiger partial charge in [0.15, 0.2) is 0 Å². The molecule has 6 rings (SSSR count). The number of H-pyrrole nitrogens is 2. The molecule has 5 heterocycles. The van der Waals surface area contributed by atoms with Gasteiger partial charge in [0.1, 0.15) is 10.1 Å². The third kappa shape index (κ3) is 5.17. The van der Waals surface area contributed by atoms with Gasteiger partial charge in [-0.15, -0.1) is 0 Å². The zero-order chi connectivity index (χ0) is 23.3. The number of hydrogen-bond acceptors (Lipinski definition) is 5. The molecule has 0 radical (unpaired) electrons. The van der Waals surface area contributed by atoms with E-state index in [1.165, 1.54) is 12.1 Å². The van der Waals surface area contributed by atoms with Crippen LogP contribution in [0.2, 0.25) is 0 Å². The van der Waals surface area contributed by atoms with Crippen molar-refractivity contribution < 1.29 is 64.4 Å². The minimum absolute atomic E-state index is 0. The van der Waals surface area contributed by atoms with Crippen molar-refractivity contribution in [3.8, 4) is 11.1 Å². The fraction of sp³-hybridized carbons (Fsp3) is 0. The van der Waals surface area contributed by atoms with Crippen LogP contribution in [0.25, 0.3) is 57.5 Å². The fourth-order valence-electron chi connectivity index (χ4n) is 4.06. The van der Waals surface area contributed by atoms with Crippen LogP contribution in [0.4, 0.5) is 0 Å². The predicted octanol–water partition coefficient (Wildman–Crippen LogP) is 2.23. The van der Waals surface area contributed by atoms with Crippen molar-refractivity contribution in [1.82, 2.24) is 19.9 Å². The molecule has 2 aliphatic rings. The van der Waals surface area contributed by atoms with Crippen molar-refractivity contribution in [2.24, 2.45) is 0 Å². The maximum Gasteiger partial charge on any atom is 1.00 e. The minimum Gasteiger partial charge on any atom is -0.744 e. The molecule has 8 bridgehead atoms. The Labute approximate surface area is 243 Å². The molecule has 0 spiro atoms. The van der Waals surface area contributed by atoms with Crippen LogP contribution in [-0.4, -0.2) is 32.9 Å². The van der Waals surface area contributed by atoms with Gasteiger partial charge in [-0.2, -0.15) is 0 Å². The minimum atomic E-state index is -4.51. The van der Waals surface area contributed by atoms with Crippen LogP contribution >= 0.6 is 0 Å². The zero-order valence-electron chi connectivity index (χ0n) is 18.7. The number of aromatic amines is 2. The van der Waals surface area contributed by atoms with Gasteiger partial charge in [-0.25, -0.2) is 18.4 Å². The molecular formula is C26H17KN4O3S. The normalized spacial score (nSPS) is 12.5. The van der Waals surface area contributed by atoms with Gasteiger partial charge in [-0.05, 0) is 84.5 Å². The molecule has 0 unspecified atom stereocenters. The zero-order valence-corrected chi connectivity index (χ0v) is 22.6. The molecule has 3 aromatic heterocycles. The van der Waals surface area contributed by atoms with Crippen LogP contribution in [0.1, 0.15) is 22.8 Å². The summed E-state index contributed by atoms with van der Waals surface area (Å²) in [5.74, 6) is 0. The summed E-state index contributed by atoms with van der Waals surface area (Å²) in [5, 5.41) is 0. The molecular weight excluding hydrogens is 487 g/mol. The molecule has 0 saturated heterocycles. The summed E-state index contributed by atoms with van der Waals surface area (Å²) in [7, 11) is -4.51. The molecule has 0 saturated carbocycles. The van der Waals surface area contributed by atoms with Crippen LogP contribution in [0.15, 0.2) is 71.6 Å². The summed E-state index contributed by atoms with van der Waals surface area (Å²) in [5.41, 5.74) is 8.42. The van der Waals surface area contributed by atoms with E-state index in [1.54, 1.807) is 12.1 Å². The Morgan fingerprint density at radius 1 is 0.629 bits per heavy atom. The molecule has 1 aromatic carbocycles. The maximum atomic E-state index is 11.3. The Morgan fingerprint density at radius 3 is 1.83 bits per heavy atom. The fourth-order valence-corrected chi connectivity index (χ4v) is 4.53. The maximum absolute atomic E-state index is 11.3. The first-order chi connectivity index (χ1) is 16.4. The van der Waals surface area contributed by atoms with Gasteiger partial charge in [0, 0.05) is 27.6 Å². The standard InChI is InChI=1S/C26H18N4O3S.K/c31-34(32,33)24-9-1-16(2-10-24)25-14-23-13-21-6-5-19(28-21)11-17-3-4-18(27-17)12-20-7-8-22(29-20)15-26(25)30-23;/h1-15,28,30H,(H,31,32,33);/q;+1/p-1. The van der Waals surface area contributed by atoms with E-state index in [9.17, 15) is 13.0 Å². The number of fused-ring (bicyclic) bond motifs is 8. The first-order valence-corrected chi connectivity index (χ1v) is 11.9. The van der Waals surface area contributed by atoms with Crippen molar-refractivity contribution in [2.75, 3.05) is 0 Å². The molecule has 2 N–H and O–H groups in total. The Bertz CT molecular complexity index is 1780. The van der Waals surface area contributed by atoms with E-state index in [-0.39, 0.29) is 56.3 Å². The third-order valence-electron chi connectivity index (χ3n) is 5.62. The van der Waals surface area contributed by atoms with Crippen molar-refractivity contribution in [1.29, 1.82) is 0 Å². The Morgan fingerprint density at radius 2 is 1.20 bits per heavy atom. The van der Waals surface area contributed by atoms with Gasteiger partial charge in [0.05, 0.1) is 27.7 Å². The molecule has 7 nitrogen and oxygen atoms in total. The molecule has 2 aliphatic heterocycles. The Hall–Kier alpha value is -2.63. The van der Waals surface area contributed by atoms with Gasteiger partial charge < -0.3 is 14.5 Å². The molecule has 35 heavy (non-hydrogen) atoms. The van der Waals surface area contributed by atoms with E-state index in [0.29, 0.717) is 0 Å². The van der Waals surface area contributed by atoms with Gasteiger partial charge in [0.25, 0.3) is 0 Å². The second-order valence-corrected chi connectivity index (χ2v) is 9.45. The van der Waals surface area contributed by atoms with Crippen molar-refractivity contribution in [2.45, 2.75) is 4.90 Å². The van der Waals surface area contributed by atoms with E-state index in [4.69, 9.17) is 0 Å². The Balaban J connectivity index is 0.00000253. The quantitative estimate of drug-likeness (QED) is 0.277. The summed E-state index contributed by atoms with van der Waals surface area (Å²) in [6.45, 7) is 0. The number of hydrogen-bond donors (Lipinski definition) is 2. The number of nitrogens with zero attached hydrogens (tertiary/aromatic N) is 2. The van der Waals surface area contributed by atoms with Crippen LogP contribution in [0, 0.1) is 0 Å². The van der Waals surface area contributed by atoms with E-state index in [1.807, 2.05) is 66.8 Å². The first-order valence-electron chi connectivity index (χ1n) is 10.5. The first kappa shape index (κ1) is 24.1. The summed E-state index contributed by atoms with van der Waals surface area (Å²) in [6, 6.07) is 19.7. The molecule has 0 atom stereocenters. The Kier molecular flexibility index (Phi) is 6.49. The average Bonchev–Trinajstić information content (AvgIpc) is 3.58.